The molecule has 3 fully saturated rings. The molecule has 3 aliphatic rings. The zero-order valence-corrected chi connectivity index (χ0v) is 20.7. The molecule has 1 N–H and O–H groups in total. The minimum atomic E-state index is -1.21. The van der Waals surface area contributed by atoms with E-state index in [0.29, 0.717) is 44.8 Å². The topological polar surface area (TPSA) is 78.5 Å². The number of halogens is 1. The van der Waals surface area contributed by atoms with Gasteiger partial charge >= 0.3 is 0 Å². The van der Waals surface area contributed by atoms with Crippen molar-refractivity contribution in [3.8, 4) is 0 Å². The number of benzene rings is 1. The number of amides is 1. The molecular weight excluding hydrogens is 455 g/mol. The average Bonchev–Trinajstić information content (AvgIpc) is 3.15. The zero-order valence-electron chi connectivity index (χ0n) is 20.7. The van der Waals surface area contributed by atoms with Crippen LogP contribution in [0.4, 0.5) is 4.39 Å². The molecule has 35 heavy (non-hydrogen) atoms. The van der Waals surface area contributed by atoms with Gasteiger partial charge in [-0.3, -0.25) is 9.69 Å². The maximum atomic E-state index is 13.8. The Labute approximate surface area is 206 Å². The molecule has 1 unspecified atom stereocenters. The summed E-state index contributed by atoms with van der Waals surface area (Å²) in [5.74, 6) is -1.36. The minimum absolute atomic E-state index is 0.0878. The first kappa shape index (κ1) is 26.2. The average molecular weight is 493 g/mol. The molecule has 1 aromatic rings. The Hall–Kier alpha value is -1.88. The maximum absolute atomic E-state index is 13.8. The van der Waals surface area contributed by atoms with Gasteiger partial charge in [0.15, 0.2) is 11.4 Å². The van der Waals surface area contributed by atoms with Crippen LogP contribution in [0, 0.1) is 5.82 Å². The molecular formula is C26H37FN2O6. The van der Waals surface area contributed by atoms with Gasteiger partial charge in [0, 0.05) is 39.0 Å². The van der Waals surface area contributed by atoms with Gasteiger partial charge in [-0.25, -0.2) is 4.39 Å². The number of ether oxygens (including phenoxy) is 5. The van der Waals surface area contributed by atoms with Gasteiger partial charge in [0.25, 0.3) is 5.91 Å². The summed E-state index contributed by atoms with van der Waals surface area (Å²) in [6, 6.07) is 6.21. The molecule has 9 heteroatoms. The van der Waals surface area contributed by atoms with Crippen LogP contribution in [-0.4, -0.2) is 86.5 Å². The standard InChI is InChI=1S/C26H37FN2O6/c1-4-12-32-21-16-26(17-22-23(21)35-25(2,3)34-22,33-18-19-6-5-7-20(27)15-19)24(30)28-8-9-29-10-13-31-14-11-29/h4-7,15,21-23H,1,8-14,16-18H2,2-3H3,(H,28,30)/t21?,22-,23+,26-/m1/s1. The summed E-state index contributed by atoms with van der Waals surface area (Å²) in [4.78, 5) is 16.0. The largest absolute Gasteiger partial charge is 0.379 e. The molecule has 0 bridgehead atoms. The third kappa shape index (κ3) is 6.67. The van der Waals surface area contributed by atoms with E-state index in [1.165, 1.54) is 12.1 Å². The Bertz CT molecular complexity index is 877. The highest BCUT2D eigenvalue weighted by molar-refractivity contribution is 5.85. The second-order valence-electron chi connectivity index (χ2n) is 9.83. The lowest BCUT2D eigenvalue weighted by molar-refractivity contribution is -0.180. The lowest BCUT2D eigenvalue weighted by atomic mass is 9.78. The van der Waals surface area contributed by atoms with E-state index in [0.717, 1.165) is 19.6 Å². The molecule has 1 aliphatic carbocycles. The van der Waals surface area contributed by atoms with Gasteiger partial charge in [-0.05, 0) is 31.5 Å². The smallest absolute Gasteiger partial charge is 0.252 e. The van der Waals surface area contributed by atoms with Crippen LogP contribution in [0.2, 0.25) is 0 Å². The van der Waals surface area contributed by atoms with Crippen molar-refractivity contribution in [3.05, 3.63) is 48.3 Å². The molecule has 2 heterocycles. The van der Waals surface area contributed by atoms with Gasteiger partial charge in [0.2, 0.25) is 0 Å². The molecule has 4 rings (SSSR count). The number of rotatable bonds is 10. The monoisotopic (exact) mass is 492 g/mol. The fraction of sp³-hybridized carbons (Fsp3) is 0.654. The molecule has 1 aromatic carbocycles. The van der Waals surface area contributed by atoms with Gasteiger partial charge < -0.3 is 29.0 Å². The van der Waals surface area contributed by atoms with Crippen LogP contribution in [0.1, 0.15) is 32.3 Å². The SMILES string of the molecule is C=CCOC1C[C@](OCc2cccc(F)c2)(C(=O)NCCN2CCOCC2)C[C@H]2OC(C)(C)O[C@@H]12. The first-order valence-electron chi connectivity index (χ1n) is 12.4. The lowest BCUT2D eigenvalue weighted by Gasteiger charge is -2.43. The van der Waals surface area contributed by atoms with Gasteiger partial charge in [-0.1, -0.05) is 18.2 Å². The van der Waals surface area contributed by atoms with Crippen LogP contribution >= 0.6 is 0 Å². The number of nitrogens with zero attached hydrogens (tertiary/aromatic N) is 1. The normalized spacial score (nSPS) is 30.5. The van der Waals surface area contributed by atoms with Crippen molar-refractivity contribution in [2.75, 3.05) is 46.0 Å². The number of nitrogens with one attached hydrogen (secondary N) is 1. The van der Waals surface area contributed by atoms with Crippen molar-refractivity contribution >= 4 is 5.91 Å². The second-order valence-corrected chi connectivity index (χ2v) is 9.83. The van der Waals surface area contributed by atoms with Crippen LogP contribution in [-0.2, 0) is 35.1 Å². The van der Waals surface area contributed by atoms with E-state index in [1.54, 1.807) is 18.2 Å². The summed E-state index contributed by atoms with van der Waals surface area (Å²) >= 11 is 0. The number of carbonyl (C=O) groups excluding carboxylic acids is 1. The Balaban J connectivity index is 1.52. The summed E-state index contributed by atoms with van der Waals surface area (Å²) in [7, 11) is 0. The highest BCUT2D eigenvalue weighted by atomic mass is 19.1. The second kappa shape index (κ2) is 11.5. The molecule has 2 saturated heterocycles. The van der Waals surface area contributed by atoms with Crippen molar-refractivity contribution in [1.82, 2.24) is 10.2 Å². The quantitative estimate of drug-likeness (QED) is 0.503. The predicted molar refractivity (Wildman–Crippen MR) is 127 cm³/mol. The third-order valence-electron chi connectivity index (χ3n) is 6.71. The highest BCUT2D eigenvalue weighted by Gasteiger charge is 2.57. The number of hydrogen-bond acceptors (Lipinski definition) is 7. The van der Waals surface area contributed by atoms with Crippen LogP contribution in [0.3, 0.4) is 0 Å². The number of carbonyl (C=O) groups is 1. The van der Waals surface area contributed by atoms with E-state index < -0.39 is 17.5 Å². The van der Waals surface area contributed by atoms with Crippen LogP contribution in [0.15, 0.2) is 36.9 Å². The van der Waals surface area contributed by atoms with E-state index in [2.05, 4.69) is 16.8 Å². The Morgan fingerprint density at radius 3 is 2.83 bits per heavy atom. The lowest BCUT2D eigenvalue weighted by Crippen LogP contribution is -2.60. The molecule has 0 radical (unpaired) electrons. The van der Waals surface area contributed by atoms with Gasteiger partial charge in [-0.2, -0.15) is 0 Å². The predicted octanol–water partition coefficient (Wildman–Crippen LogP) is 2.41. The summed E-state index contributed by atoms with van der Waals surface area (Å²) in [5.41, 5.74) is -0.561. The van der Waals surface area contributed by atoms with Crippen LogP contribution in [0.5, 0.6) is 0 Å². The number of morpholine rings is 1. The van der Waals surface area contributed by atoms with Crippen molar-refractivity contribution in [2.24, 2.45) is 0 Å². The summed E-state index contributed by atoms with van der Waals surface area (Å²) in [5, 5.41) is 3.07. The molecule has 4 atom stereocenters. The van der Waals surface area contributed by atoms with E-state index >= 15 is 0 Å². The van der Waals surface area contributed by atoms with Crippen LogP contribution in [0.25, 0.3) is 0 Å². The minimum Gasteiger partial charge on any atom is -0.379 e. The van der Waals surface area contributed by atoms with Crippen molar-refractivity contribution < 1.29 is 32.9 Å². The maximum Gasteiger partial charge on any atom is 0.252 e. The Morgan fingerprint density at radius 1 is 1.29 bits per heavy atom. The summed E-state index contributed by atoms with van der Waals surface area (Å²) in [6.45, 7) is 12.2. The summed E-state index contributed by atoms with van der Waals surface area (Å²) in [6.07, 6.45) is 1.14. The fourth-order valence-corrected chi connectivity index (χ4v) is 5.06. The molecule has 0 aromatic heterocycles. The summed E-state index contributed by atoms with van der Waals surface area (Å²) < 4.78 is 43.9. The van der Waals surface area contributed by atoms with Crippen LogP contribution < -0.4 is 5.32 Å². The van der Waals surface area contributed by atoms with Crippen molar-refractivity contribution in [2.45, 2.75) is 63.0 Å². The van der Waals surface area contributed by atoms with E-state index in [1.807, 2.05) is 13.8 Å². The Morgan fingerprint density at radius 2 is 2.09 bits per heavy atom. The van der Waals surface area contributed by atoms with E-state index in [9.17, 15) is 9.18 Å². The fourth-order valence-electron chi connectivity index (χ4n) is 5.06. The molecule has 194 valence electrons. The molecule has 2 aliphatic heterocycles. The molecule has 1 amide bonds. The third-order valence-corrected chi connectivity index (χ3v) is 6.71. The number of hydrogen-bond donors (Lipinski definition) is 1. The first-order chi connectivity index (χ1) is 16.8. The van der Waals surface area contributed by atoms with Crippen molar-refractivity contribution in [3.63, 3.8) is 0 Å². The zero-order chi connectivity index (χ0) is 24.9. The van der Waals surface area contributed by atoms with Crippen molar-refractivity contribution in [1.29, 1.82) is 0 Å². The molecule has 1 saturated carbocycles. The molecule has 0 spiro atoms. The van der Waals surface area contributed by atoms with E-state index in [4.69, 9.17) is 23.7 Å². The van der Waals surface area contributed by atoms with E-state index in [-0.39, 0.29) is 30.5 Å². The Kier molecular flexibility index (Phi) is 8.57. The highest BCUT2D eigenvalue weighted by Crippen LogP contribution is 2.44. The van der Waals surface area contributed by atoms with Gasteiger partial charge in [0.1, 0.15) is 11.9 Å². The number of fused-ring (bicyclic) bond motifs is 1. The first-order valence-corrected chi connectivity index (χ1v) is 12.4. The van der Waals surface area contributed by atoms with Gasteiger partial charge in [0.05, 0.1) is 38.6 Å². The molecule has 8 nitrogen and oxygen atoms in total. The van der Waals surface area contributed by atoms with Gasteiger partial charge in [-0.15, -0.1) is 6.58 Å².